The number of H-pyrrole nitrogens is 1. The number of hydrogen-bond donors (Lipinski definition) is 4. The predicted molar refractivity (Wildman–Crippen MR) is 162 cm³/mol. The predicted octanol–water partition coefficient (Wildman–Crippen LogP) is 2.83. The molecule has 0 saturated carbocycles. The highest BCUT2D eigenvalue weighted by atomic mass is 16.2. The number of nitrogens with one attached hydrogen (secondary N) is 4. The first-order chi connectivity index (χ1) is 19.7. The van der Waals surface area contributed by atoms with Crippen molar-refractivity contribution in [1.82, 2.24) is 40.3 Å². The summed E-state index contributed by atoms with van der Waals surface area (Å²) in [7, 11) is 5.47. The maximum atomic E-state index is 12.5. The molecule has 3 heterocycles. The van der Waals surface area contributed by atoms with Crippen LogP contribution in [0.15, 0.2) is 30.6 Å². The summed E-state index contributed by atoms with van der Waals surface area (Å²) >= 11 is 0. The van der Waals surface area contributed by atoms with E-state index in [1.165, 1.54) is 11.0 Å². The van der Waals surface area contributed by atoms with Crippen molar-refractivity contribution in [2.45, 2.75) is 46.1 Å². The van der Waals surface area contributed by atoms with Crippen molar-refractivity contribution in [1.29, 1.82) is 0 Å². The number of rotatable bonds is 13. The van der Waals surface area contributed by atoms with Gasteiger partial charge in [0.15, 0.2) is 5.65 Å². The minimum atomic E-state index is -0.574. The number of pyridine rings is 1. The van der Waals surface area contributed by atoms with Crippen LogP contribution in [0.3, 0.4) is 0 Å². The summed E-state index contributed by atoms with van der Waals surface area (Å²) in [5, 5.41) is 17.4. The number of likely N-dealkylation sites (N-methyl/N-ethyl adjacent to an activating group) is 2. The average molecular weight is 561 g/mol. The molecule has 0 spiro atoms. The van der Waals surface area contributed by atoms with E-state index in [2.05, 4.69) is 59.9 Å². The van der Waals surface area contributed by atoms with Crippen molar-refractivity contribution in [3.05, 3.63) is 41.9 Å². The molecule has 41 heavy (non-hydrogen) atoms. The lowest BCUT2D eigenvalue weighted by Gasteiger charge is -2.23. The number of carbonyl (C=O) groups is 2. The highest BCUT2D eigenvalue weighted by Gasteiger charge is 2.20. The zero-order valence-corrected chi connectivity index (χ0v) is 24.7. The Morgan fingerprint density at radius 2 is 1.98 bits per heavy atom. The maximum Gasteiger partial charge on any atom is 0.246 e. The smallest absolute Gasteiger partial charge is 0.246 e. The van der Waals surface area contributed by atoms with E-state index >= 15 is 0 Å². The standard InChI is InChI=1S/C29H40N10O2/c1-7-14-30-26-22(18-33-29(35-26)34-23-17-24-20(2)36-37-27(24)32-19-23)12-9-8-10-15-31-28(41)21(3)39(6)25(40)13-11-16-38(4)5/h11,13,17-19,21H,7-8,10,14-16H2,1-6H3,(H,31,41)(H,32,36,37)(H2,30,33,34,35)/b13-11+/t21-/m0/s1. The molecule has 0 bridgehead atoms. The largest absolute Gasteiger partial charge is 0.369 e. The van der Waals surface area contributed by atoms with Gasteiger partial charge in [0.25, 0.3) is 0 Å². The minimum Gasteiger partial charge on any atom is -0.369 e. The Morgan fingerprint density at radius 1 is 1.17 bits per heavy atom. The fraction of sp³-hybridized carbons (Fsp3) is 0.448. The molecule has 0 aromatic carbocycles. The molecule has 4 N–H and O–H groups in total. The zero-order valence-electron chi connectivity index (χ0n) is 24.7. The van der Waals surface area contributed by atoms with E-state index in [1.54, 1.807) is 32.4 Å². The fourth-order valence-corrected chi connectivity index (χ4v) is 3.67. The molecule has 3 aromatic heterocycles. The van der Waals surface area contributed by atoms with Crippen LogP contribution in [0, 0.1) is 18.8 Å². The molecule has 1 atom stereocenters. The van der Waals surface area contributed by atoms with Gasteiger partial charge in [-0.3, -0.25) is 14.7 Å². The van der Waals surface area contributed by atoms with Gasteiger partial charge in [-0.2, -0.15) is 10.1 Å². The third kappa shape index (κ3) is 9.29. The molecule has 0 unspecified atom stereocenters. The van der Waals surface area contributed by atoms with E-state index < -0.39 is 6.04 Å². The van der Waals surface area contributed by atoms with Crippen molar-refractivity contribution < 1.29 is 9.59 Å². The van der Waals surface area contributed by atoms with E-state index in [0.29, 0.717) is 48.9 Å². The molecule has 0 aliphatic heterocycles. The third-order valence-corrected chi connectivity index (χ3v) is 6.23. The Bertz CT molecular complexity index is 1420. The van der Waals surface area contributed by atoms with Crippen LogP contribution < -0.4 is 16.0 Å². The molecular weight excluding hydrogens is 520 g/mol. The number of anilines is 3. The second kappa shape index (κ2) is 15.3. The number of amides is 2. The highest BCUT2D eigenvalue weighted by molar-refractivity contribution is 5.92. The summed E-state index contributed by atoms with van der Waals surface area (Å²) in [6.07, 6.45) is 8.85. The first-order valence-corrected chi connectivity index (χ1v) is 13.7. The summed E-state index contributed by atoms with van der Waals surface area (Å²) in [6, 6.07) is 1.38. The summed E-state index contributed by atoms with van der Waals surface area (Å²) in [4.78, 5) is 41.6. The molecule has 2 amide bonds. The van der Waals surface area contributed by atoms with Gasteiger partial charge in [0, 0.05) is 50.3 Å². The first-order valence-electron chi connectivity index (χ1n) is 13.7. The third-order valence-electron chi connectivity index (χ3n) is 6.23. The Hall–Kier alpha value is -4.50. The number of carbonyl (C=O) groups excluding carboxylic acids is 2. The molecular formula is C29H40N10O2. The zero-order chi connectivity index (χ0) is 29.8. The number of nitrogens with zero attached hydrogens (tertiary/aromatic N) is 6. The number of aryl methyl sites for hydroxylation is 1. The topological polar surface area (TPSA) is 144 Å². The van der Waals surface area contributed by atoms with Crippen LogP contribution in [0.25, 0.3) is 11.0 Å². The van der Waals surface area contributed by atoms with Crippen molar-refractivity contribution >= 4 is 40.3 Å². The van der Waals surface area contributed by atoms with Crippen LogP contribution in [0.4, 0.5) is 17.5 Å². The second-order valence-corrected chi connectivity index (χ2v) is 9.94. The SMILES string of the molecule is CCCNc1nc(Nc2cnc3n[nH]c(C)c3c2)ncc1C#CCCCNC(=O)[C@H](C)N(C)C(=O)/C=C/CN(C)C. The normalized spacial score (nSPS) is 11.8. The summed E-state index contributed by atoms with van der Waals surface area (Å²) in [6.45, 7) is 7.61. The van der Waals surface area contributed by atoms with Gasteiger partial charge in [-0.15, -0.1) is 0 Å². The van der Waals surface area contributed by atoms with E-state index in [4.69, 9.17) is 0 Å². The van der Waals surface area contributed by atoms with Crippen molar-refractivity contribution in [3.63, 3.8) is 0 Å². The highest BCUT2D eigenvalue weighted by Crippen LogP contribution is 2.21. The Morgan fingerprint density at radius 3 is 2.73 bits per heavy atom. The summed E-state index contributed by atoms with van der Waals surface area (Å²) < 4.78 is 0. The molecule has 12 heteroatoms. The Balaban J connectivity index is 1.52. The van der Waals surface area contributed by atoms with Gasteiger partial charge >= 0.3 is 0 Å². The van der Waals surface area contributed by atoms with Gasteiger partial charge in [-0.05, 0) is 46.9 Å². The summed E-state index contributed by atoms with van der Waals surface area (Å²) in [5.74, 6) is 6.98. The maximum absolute atomic E-state index is 12.5. The number of hydrogen-bond acceptors (Lipinski definition) is 9. The minimum absolute atomic E-state index is 0.199. The first kappa shape index (κ1) is 31.0. The van der Waals surface area contributed by atoms with Gasteiger partial charge in [0.1, 0.15) is 11.9 Å². The molecule has 0 saturated heterocycles. The number of unbranched alkanes of at least 4 members (excludes halogenated alkanes) is 1. The van der Waals surface area contributed by atoms with Crippen LogP contribution in [0.5, 0.6) is 0 Å². The van der Waals surface area contributed by atoms with Crippen molar-refractivity contribution in [2.24, 2.45) is 0 Å². The fourth-order valence-electron chi connectivity index (χ4n) is 3.67. The Labute approximate surface area is 241 Å². The molecule has 0 radical (unpaired) electrons. The van der Waals surface area contributed by atoms with Gasteiger partial charge < -0.3 is 25.8 Å². The lowest BCUT2D eigenvalue weighted by molar-refractivity contribution is -0.135. The average Bonchev–Trinajstić information content (AvgIpc) is 3.32. The van der Waals surface area contributed by atoms with Crippen LogP contribution in [-0.2, 0) is 9.59 Å². The molecule has 3 rings (SSSR count). The lowest BCUT2D eigenvalue weighted by atomic mass is 10.2. The Kier molecular flexibility index (Phi) is 11.6. The summed E-state index contributed by atoms with van der Waals surface area (Å²) in [5.41, 5.74) is 3.05. The van der Waals surface area contributed by atoms with Crippen LogP contribution in [-0.4, -0.2) is 93.6 Å². The number of fused-ring (bicyclic) bond motifs is 1. The molecule has 0 aliphatic carbocycles. The van der Waals surface area contributed by atoms with Crippen molar-refractivity contribution in [2.75, 3.05) is 51.4 Å². The molecule has 0 fully saturated rings. The van der Waals surface area contributed by atoms with Crippen LogP contribution in [0.2, 0.25) is 0 Å². The van der Waals surface area contributed by atoms with Crippen molar-refractivity contribution in [3.8, 4) is 11.8 Å². The van der Waals surface area contributed by atoms with Gasteiger partial charge in [0.05, 0.1) is 23.6 Å². The lowest BCUT2D eigenvalue weighted by Crippen LogP contribution is -2.45. The molecule has 3 aromatic rings. The van der Waals surface area contributed by atoms with Gasteiger partial charge in [-0.25, -0.2) is 9.97 Å². The molecule has 12 nitrogen and oxygen atoms in total. The quantitative estimate of drug-likeness (QED) is 0.141. The molecule has 218 valence electrons. The van der Waals surface area contributed by atoms with E-state index in [1.807, 2.05) is 32.0 Å². The monoisotopic (exact) mass is 560 g/mol. The molecule has 0 aliphatic rings. The van der Waals surface area contributed by atoms with E-state index in [-0.39, 0.29) is 11.8 Å². The van der Waals surface area contributed by atoms with E-state index in [0.717, 1.165) is 29.7 Å². The second-order valence-electron chi connectivity index (χ2n) is 9.94. The van der Waals surface area contributed by atoms with Gasteiger partial charge in [-0.1, -0.05) is 24.8 Å². The van der Waals surface area contributed by atoms with Gasteiger partial charge in [0.2, 0.25) is 17.8 Å². The number of aromatic amines is 1. The van der Waals surface area contributed by atoms with E-state index in [9.17, 15) is 9.59 Å². The van der Waals surface area contributed by atoms with Crippen LogP contribution >= 0.6 is 0 Å². The van der Waals surface area contributed by atoms with Crippen LogP contribution in [0.1, 0.15) is 44.4 Å². The number of aromatic nitrogens is 5.